The summed E-state index contributed by atoms with van der Waals surface area (Å²) in [6.07, 6.45) is 2.04. The summed E-state index contributed by atoms with van der Waals surface area (Å²) in [6, 6.07) is 13.7. The summed E-state index contributed by atoms with van der Waals surface area (Å²) < 4.78 is 28.5. The van der Waals surface area contributed by atoms with E-state index in [-0.39, 0.29) is 23.0 Å². The molecular weight excluding hydrogens is 378 g/mol. The standard InChI is InChI=1S/C20H21N3O4S/c1-13(15-7-8-15)23(12-14-5-3-2-4-6-14)28(26,27)16-9-10-17-18(11-16)22-20(25)19(24)21-17/h2-6,9-11,13,15H,7-8,12H2,1H3,(H,21,24)(H,22,25)/t13-/m0/s1. The van der Waals surface area contributed by atoms with Gasteiger partial charge in [-0.1, -0.05) is 30.3 Å². The Balaban J connectivity index is 1.78. The molecule has 0 amide bonds. The van der Waals surface area contributed by atoms with Crippen LogP contribution in [0.1, 0.15) is 25.3 Å². The van der Waals surface area contributed by atoms with E-state index in [1.807, 2.05) is 37.3 Å². The minimum atomic E-state index is -3.80. The van der Waals surface area contributed by atoms with Crippen LogP contribution >= 0.6 is 0 Å². The summed E-state index contributed by atoms with van der Waals surface area (Å²) >= 11 is 0. The van der Waals surface area contributed by atoms with Gasteiger partial charge in [0.25, 0.3) is 0 Å². The first-order chi connectivity index (χ1) is 13.4. The molecule has 0 unspecified atom stereocenters. The van der Waals surface area contributed by atoms with Crippen molar-refractivity contribution in [3.05, 3.63) is 74.8 Å². The van der Waals surface area contributed by atoms with Crippen LogP contribution in [0.5, 0.6) is 0 Å². The number of aromatic amines is 2. The monoisotopic (exact) mass is 399 g/mol. The van der Waals surface area contributed by atoms with Crippen molar-refractivity contribution in [2.75, 3.05) is 0 Å². The molecule has 2 aromatic carbocycles. The first kappa shape index (κ1) is 18.6. The fourth-order valence-corrected chi connectivity index (χ4v) is 5.12. The van der Waals surface area contributed by atoms with Crippen molar-refractivity contribution in [3.63, 3.8) is 0 Å². The Hall–Kier alpha value is -2.71. The maximum absolute atomic E-state index is 13.5. The molecule has 1 aliphatic carbocycles. The third-order valence-corrected chi connectivity index (χ3v) is 7.17. The largest absolute Gasteiger partial charge is 0.316 e. The Labute approximate surface area is 162 Å². The predicted molar refractivity (Wildman–Crippen MR) is 107 cm³/mol. The third kappa shape index (κ3) is 3.53. The SMILES string of the molecule is C[C@@H](C1CC1)N(Cc1ccccc1)S(=O)(=O)c1ccc2[nH]c(=O)c(=O)[nH]c2c1. The third-order valence-electron chi connectivity index (χ3n) is 5.24. The average Bonchev–Trinajstić information content (AvgIpc) is 3.52. The van der Waals surface area contributed by atoms with Gasteiger partial charge in [0.15, 0.2) is 0 Å². The zero-order valence-electron chi connectivity index (χ0n) is 15.4. The smallest absolute Gasteiger partial charge is 0.314 e. The van der Waals surface area contributed by atoms with Gasteiger partial charge < -0.3 is 9.97 Å². The van der Waals surface area contributed by atoms with Gasteiger partial charge in [-0.25, -0.2) is 8.42 Å². The molecule has 1 aliphatic rings. The van der Waals surface area contributed by atoms with Gasteiger partial charge in [0.1, 0.15) is 0 Å². The lowest BCUT2D eigenvalue weighted by Crippen LogP contribution is -2.39. The highest BCUT2D eigenvalue weighted by Crippen LogP contribution is 2.38. The van der Waals surface area contributed by atoms with Crippen molar-refractivity contribution < 1.29 is 8.42 Å². The van der Waals surface area contributed by atoms with Crippen LogP contribution in [0, 0.1) is 5.92 Å². The van der Waals surface area contributed by atoms with Crippen LogP contribution < -0.4 is 11.1 Å². The molecule has 0 spiro atoms. The molecular formula is C20H21N3O4S. The van der Waals surface area contributed by atoms with Crippen LogP contribution in [0.25, 0.3) is 11.0 Å². The molecule has 1 atom stereocenters. The second-order valence-corrected chi connectivity index (χ2v) is 9.12. The van der Waals surface area contributed by atoms with Gasteiger partial charge >= 0.3 is 11.1 Å². The van der Waals surface area contributed by atoms with Crippen molar-refractivity contribution in [2.45, 2.75) is 37.2 Å². The number of nitrogens with one attached hydrogen (secondary N) is 2. The van der Waals surface area contributed by atoms with Crippen molar-refractivity contribution in [1.29, 1.82) is 0 Å². The maximum atomic E-state index is 13.5. The number of aromatic nitrogens is 2. The molecule has 1 fully saturated rings. The molecule has 1 saturated carbocycles. The Morgan fingerprint density at radius 3 is 2.29 bits per heavy atom. The van der Waals surface area contributed by atoms with Gasteiger partial charge in [0.2, 0.25) is 10.0 Å². The molecule has 1 heterocycles. The molecule has 8 heteroatoms. The summed E-state index contributed by atoms with van der Waals surface area (Å²) in [4.78, 5) is 28.1. The maximum Gasteiger partial charge on any atom is 0.314 e. The van der Waals surface area contributed by atoms with E-state index in [1.54, 1.807) is 0 Å². The normalized spacial score (nSPS) is 15.8. The number of nitrogens with zero attached hydrogens (tertiary/aromatic N) is 1. The Morgan fingerprint density at radius 2 is 1.64 bits per heavy atom. The molecule has 146 valence electrons. The summed E-state index contributed by atoms with van der Waals surface area (Å²) in [5, 5.41) is 0. The van der Waals surface area contributed by atoms with E-state index in [0.717, 1.165) is 18.4 Å². The predicted octanol–water partition coefficient (Wildman–Crippen LogP) is 2.21. The highest BCUT2D eigenvalue weighted by molar-refractivity contribution is 7.89. The number of hydrogen-bond donors (Lipinski definition) is 2. The van der Waals surface area contributed by atoms with E-state index in [9.17, 15) is 18.0 Å². The number of benzene rings is 2. The molecule has 0 radical (unpaired) electrons. The van der Waals surface area contributed by atoms with Crippen LogP contribution in [-0.4, -0.2) is 28.7 Å². The summed E-state index contributed by atoms with van der Waals surface area (Å²) in [5.41, 5.74) is 0.000572. The molecule has 0 bridgehead atoms. The molecule has 3 aromatic rings. The van der Waals surface area contributed by atoms with Crippen LogP contribution in [0.3, 0.4) is 0 Å². The lowest BCUT2D eigenvalue weighted by molar-refractivity contribution is 0.303. The van der Waals surface area contributed by atoms with Gasteiger partial charge in [0, 0.05) is 12.6 Å². The number of rotatable bonds is 6. The van der Waals surface area contributed by atoms with Crippen molar-refractivity contribution >= 4 is 21.1 Å². The molecule has 7 nitrogen and oxygen atoms in total. The molecule has 2 N–H and O–H groups in total. The second kappa shape index (κ2) is 7.03. The van der Waals surface area contributed by atoms with E-state index in [2.05, 4.69) is 9.97 Å². The first-order valence-corrected chi connectivity index (χ1v) is 10.6. The topological polar surface area (TPSA) is 103 Å². The van der Waals surface area contributed by atoms with Gasteiger partial charge in [-0.3, -0.25) is 9.59 Å². The van der Waals surface area contributed by atoms with Gasteiger partial charge in [-0.15, -0.1) is 0 Å². The van der Waals surface area contributed by atoms with E-state index in [4.69, 9.17) is 0 Å². The first-order valence-electron chi connectivity index (χ1n) is 9.18. The minimum absolute atomic E-state index is 0.0890. The number of H-pyrrole nitrogens is 2. The molecule has 1 aromatic heterocycles. The van der Waals surface area contributed by atoms with Crippen molar-refractivity contribution in [2.24, 2.45) is 5.92 Å². The Kier molecular flexibility index (Phi) is 4.68. The van der Waals surface area contributed by atoms with Gasteiger partial charge in [-0.2, -0.15) is 4.31 Å². The molecule has 0 aliphatic heterocycles. The summed E-state index contributed by atoms with van der Waals surface area (Å²) in [6.45, 7) is 2.22. The number of hydrogen-bond acceptors (Lipinski definition) is 4. The van der Waals surface area contributed by atoms with Crippen LogP contribution in [0.2, 0.25) is 0 Å². The number of sulfonamides is 1. The summed E-state index contributed by atoms with van der Waals surface area (Å²) in [5.74, 6) is 0.357. The van der Waals surface area contributed by atoms with Crippen molar-refractivity contribution in [1.82, 2.24) is 14.3 Å². The molecule has 28 heavy (non-hydrogen) atoms. The Morgan fingerprint density at radius 1 is 1.00 bits per heavy atom. The molecule has 0 saturated heterocycles. The van der Waals surface area contributed by atoms with E-state index < -0.39 is 21.1 Å². The lowest BCUT2D eigenvalue weighted by Gasteiger charge is -2.28. The van der Waals surface area contributed by atoms with Crippen molar-refractivity contribution in [3.8, 4) is 0 Å². The zero-order valence-corrected chi connectivity index (χ0v) is 16.2. The van der Waals surface area contributed by atoms with E-state index >= 15 is 0 Å². The number of fused-ring (bicyclic) bond motifs is 1. The molecule has 4 rings (SSSR count). The van der Waals surface area contributed by atoms with E-state index in [1.165, 1.54) is 22.5 Å². The minimum Gasteiger partial charge on any atom is -0.316 e. The Bertz CT molecular complexity index is 1230. The fraction of sp³-hybridized carbons (Fsp3) is 0.300. The second-order valence-electron chi connectivity index (χ2n) is 7.23. The quantitative estimate of drug-likeness (QED) is 0.620. The highest BCUT2D eigenvalue weighted by atomic mass is 32.2. The van der Waals surface area contributed by atoms with Gasteiger partial charge in [-0.05, 0) is 49.4 Å². The highest BCUT2D eigenvalue weighted by Gasteiger charge is 2.38. The van der Waals surface area contributed by atoms with E-state index in [0.29, 0.717) is 11.4 Å². The van der Waals surface area contributed by atoms with Crippen LogP contribution in [0.4, 0.5) is 0 Å². The summed E-state index contributed by atoms with van der Waals surface area (Å²) in [7, 11) is -3.80. The van der Waals surface area contributed by atoms with Gasteiger partial charge in [0.05, 0.1) is 15.9 Å². The fourth-order valence-electron chi connectivity index (χ4n) is 3.41. The zero-order chi connectivity index (χ0) is 19.9. The van der Waals surface area contributed by atoms with Crippen LogP contribution in [0.15, 0.2) is 63.0 Å². The van der Waals surface area contributed by atoms with Crippen LogP contribution in [-0.2, 0) is 16.6 Å². The lowest BCUT2D eigenvalue weighted by atomic mass is 10.2. The average molecular weight is 399 g/mol.